The fourth-order valence-corrected chi connectivity index (χ4v) is 4.47. The number of hydrogen-bond acceptors (Lipinski definition) is 2. The van der Waals surface area contributed by atoms with Gasteiger partial charge in [-0.15, -0.1) is 0 Å². The molecule has 1 saturated carbocycles. The molecule has 1 aliphatic heterocycles. The van der Waals surface area contributed by atoms with Crippen molar-refractivity contribution >= 4 is 5.91 Å². The van der Waals surface area contributed by atoms with Gasteiger partial charge in [-0.05, 0) is 57.2 Å². The summed E-state index contributed by atoms with van der Waals surface area (Å²) in [5, 5.41) is 3.31. The van der Waals surface area contributed by atoms with Crippen molar-refractivity contribution in [2.24, 2.45) is 0 Å². The van der Waals surface area contributed by atoms with Crippen molar-refractivity contribution in [1.29, 1.82) is 0 Å². The first-order valence-corrected chi connectivity index (χ1v) is 9.72. The van der Waals surface area contributed by atoms with Gasteiger partial charge < -0.3 is 10.1 Å². The zero-order chi connectivity index (χ0) is 18.1. The van der Waals surface area contributed by atoms with Crippen LogP contribution in [-0.4, -0.2) is 11.5 Å². The number of hydrogen-bond donors (Lipinski definition) is 1. The van der Waals surface area contributed by atoms with Crippen molar-refractivity contribution in [2.75, 3.05) is 0 Å². The molecule has 0 saturated heterocycles. The highest BCUT2D eigenvalue weighted by atomic mass is 16.5. The molecular formula is C23H27NO2. The number of aryl methyl sites for hydroxylation is 2. The second kappa shape index (κ2) is 6.79. The van der Waals surface area contributed by atoms with Crippen molar-refractivity contribution in [2.45, 2.75) is 64.0 Å². The molecule has 1 atom stereocenters. The van der Waals surface area contributed by atoms with Crippen molar-refractivity contribution in [3.05, 3.63) is 64.7 Å². The third-order valence-electron chi connectivity index (χ3n) is 5.90. The minimum Gasteiger partial charge on any atom is -0.487 e. The van der Waals surface area contributed by atoms with Gasteiger partial charge in [0.1, 0.15) is 11.4 Å². The number of carbonyl (C=O) groups is 1. The van der Waals surface area contributed by atoms with Crippen molar-refractivity contribution < 1.29 is 9.53 Å². The smallest absolute Gasteiger partial charge is 0.252 e. The highest BCUT2D eigenvalue weighted by Gasteiger charge is 2.42. The summed E-state index contributed by atoms with van der Waals surface area (Å²) in [6.07, 6.45) is 6.72. The summed E-state index contributed by atoms with van der Waals surface area (Å²) in [4.78, 5) is 13.0. The lowest BCUT2D eigenvalue weighted by atomic mass is 9.77. The van der Waals surface area contributed by atoms with Gasteiger partial charge in [-0.25, -0.2) is 0 Å². The maximum Gasteiger partial charge on any atom is 0.252 e. The molecule has 1 fully saturated rings. The van der Waals surface area contributed by atoms with E-state index in [1.807, 2.05) is 50.2 Å². The van der Waals surface area contributed by atoms with E-state index in [-0.39, 0.29) is 17.6 Å². The van der Waals surface area contributed by atoms with Gasteiger partial charge >= 0.3 is 0 Å². The molecule has 4 rings (SSSR count). The number of fused-ring (bicyclic) bond motifs is 1. The number of para-hydroxylation sites is 1. The van der Waals surface area contributed by atoms with E-state index in [0.29, 0.717) is 0 Å². The first kappa shape index (κ1) is 17.1. The van der Waals surface area contributed by atoms with E-state index < -0.39 is 0 Å². The zero-order valence-corrected chi connectivity index (χ0v) is 15.7. The zero-order valence-electron chi connectivity index (χ0n) is 15.7. The molecule has 136 valence electrons. The van der Waals surface area contributed by atoms with Crippen LogP contribution in [0.1, 0.15) is 71.6 Å². The first-order valence-electron chi connectivity index (χ1n) is 9.72. The number of carbonyl (C=O) groups excluding carboxylic acids is 1. The van der Waals surface area contributed by atoms with Crippen LogP contribution in [0.2, 0.25) is 0 Å². The Labute approximate surface area is 155 Å². The van der Waals surface area contributed by atoms with E-state index in [0.717, 1.165) is 47.3 Å². The lowest BCUT2D eigenvalue weighted by molar-refractivity contribution is -0.00210. The maximum absolute atomic E-state index is 13.0. The molecule has 2 aromatic rings. The molecule has 1 unspecified atom stereocenters. The van der Waals surface area contributed by atoms with Crippen molar-refractivity contribution in [1.82, 2.24) is 5.32 Å². The molecule has 0 bridgehead atoms. The van der Waals surface area contributed by atoms with Crippen molar-refractivity contribution in [3.8, 4) is 5.75 Å². The minimum atomic E-state index is -0.119. The van der Waals surface area contributed by atoms with Gasteiger partial charge in [0.15, 0.2) is 0 Å². The van der Waals surface area contributed by atoms with E-state index >= 15 is 0 Å². The SMILES string of the molecule is Cc1ccc(C)c(C(=O)NC2CC3(CCCCC3)Oc3ccccc32)c1. The van der Waals surface area contributed by atoms with Crippen LogP contribution in [0.15, 0.2) is 42.5 Å². The number of nitrogens with one attached hydrogen (secondary N) is 1. The van der Waals surface area contributed by atoms with E-state index in [2.05, 4.69) is 11.4 Å². The topological polar surface area (TPSA) is 38.3 Å². The molecule has 26 heavy (non-hydrogen) atoms. The van der Waals surface area contributed by atoms with Gasteiger partial charge in [-0.1, -0.05) is 42.3 Å². The maximum atomic E-state index is 13.0. The van der Waals surface area contributed by atoms with E-state index in [1.54, 1.807) is 0 Å². The van der Waals surface area contributed by atoms with Gasteiger partial charge in [-0.2, -0.15) is 0 Å². The summed E-state index contributed by atoms with van der Waals surface area (Å²) in [5.41, 5.74) is 3.87. The summed E-state index contributed by atoms with van der Waals surface area (Å²) in [7, 11) is 0. The Balaban J connectivity index is 1.64. The molecule has 2 aromatic carbocycles. The molecule has 1 amide bonds. The Kier molecular flexibility index (Phi) is 4.47. The molecule has 1 aliphatic carbocycles. The standard InChI is InChI=1S/C23H27NO2/c1-16-10-11-17(2)19(14-16)22(25)24-20-15-23(12-6-3-7-13-23)26-21-9-5-4-8-18(20)21/h4-5,8-11,14,20H,3,6-7,12-13,15H2,1-2H3,(H,24,25). The molecule has 3 heteroatoms. The monoisotopic (exact) mass is 349 g/mol. The number of amides is 1. The fourth-order valence-electron chi connectivity index (χ4n) is 4.47. The van der Waals surface area contributed by atoms with Crippen LogP contribution in [0.25, 0.3) is 0 Å². The van der Waals surface area contributed by atoms with Gasteiger partial charge in [0.25, 0.3) is 5.91 Å². The van der Waals surface area contributed by atoms with E-state index in [1.165, 1.54) is 19.3 Å². The van der Waals surface area contributed by atoms with Crippen LogP contribution in [0.3, 0.4) is 0 Å². The molecule has 1 spiro atoms. The van der Waals surface area contributed by atoms with E-state index in [9.17, 15) is 4.79 Å². The second-order valence-corrected chi connectivity index (χ2v) is 7.93. The normalized spacial score (nSPS) is 20.9. The summed E-state index contributed by atoms with van der Waals surface area (Å²) in [5.74, 6) is 0.950. The first-order chi connectivity index (χ1) is 12.6. The van der Waals surface area contributed by atoms with Gasteiger partial charge in [0.2, 0.25) is 0 Å². The summed E-state index contributed by atoms with van der Waals surface area (Å²) in [6, 6.07) is 14.2. The number of ether oxygens (including phenoxy) is 1. The third kappa shape index (κ3) is 3.23. The average Bonchev–Trinajstić information content (AvgIpc) is 2.64. The molecule has 3 nitrogen and oxygen atoms in total. The molecule has 1 N–H and O–H groups in total. The Morgan fingerprint density at radius 1 is 1.08 bits per heavy atom. The third-order valence-corrected chi connectivity index (χ3v) is 5.90. The average molecular weight is 349 g/mol. The Morgan fingerprint density at radius 3 is 2.65 bits per heavy atom. The number of rotatable bonds is 2. The van der Waals surface area contributed by atoms with Crippen LogP contribution >= 0.6 is 0 Å². The van der Waals surface area contributed by atoms with Gasteiger partial charge in [0.05, 0.1) is 6.04 Å². The largest absolute Gasteiger partial charge is 0.487 e. The van der Waals surface area contributed by atoms with Crippen LogP contribution in [0.5, 0.6) is 5.75 Å². The van der Waals surface area contributed by atoms with Crippen LogP contribution in [0, 0.1) is 13.8 Å². The Morgan fingerprint density at radius 2 is 1.85 bits per heavy atom. The highest BCUT2D eigenvalue weighted by molar-refractivity contribution is 5.96. The predicted octanol–water partition coefficient (Wildman–Crippen LogP) is 5.26. The van der Waals surface area contributed by atoms with Crippen LogP contribution in [0.4, 0.5) is 0 Å². The Hall–Kier alpha value is -2.29. The minimum absolute atomic E-state index is 0.00506. The number of benzene rings is 2. The van der Waals surface area contributed by atoms with Gasteiger partial charge in [0, 0.05) is 17.5 Å². The van der Waals surface area contributed by atoms with Gasteiger partial charge in [-0.3, -0.25) is 4.79 Å². The Bertz CT molecular complexity index is 821. The van der Waals surface area contributed by atoms with Crippen molar-refractivity contribution in [3.63, 3.8) is 0 Å². The molecule has 2 aliphatic rings. The lowest BCUT2D eigenvalue weighted by Gasteiger charge is -2.44. The quantitative estimate of drug-likeness (QED) is 0.803. The lowest BCUT2D eigenvalue weighted by Crippen LogP contribution is -2.46. The van der Waals surface area contributed by atoms with Crippen LogP contribution < -0.4 is 10.1 Å². The molecular weight excluding hydrogens is 322 g/mol. The molecule has 0 radical (unpaired) electrons. The second-order valence-electron chi connectivity index (χ2n) is 7.93. The van der Waals surface area contributed by atoms with Crippen LogP contribution in [-0.2, 0) is 0 Å². The predicted molar refractivity (Wildman–Crippen MR) is 104 cm³/mol. The molecule has 1 heterocycles. The van der Waals surface area contributed by atoms with E-state index in [4.69, 9.17) is 4.74 Å². The highest BCUT2D eigenvalue weighted by Crippen LogP contribution is 2.46. The summed E-state index contributed by atoms with van der Waals surface area (Å²) in [6.45, 7) is 4.02. The summed E-state index contributed by atoms with van der Waals surface area (Å²) < 4.78 is 6.47. The molecule has 0 aromatic heterocycles. The summed E-state index contributed by atoms with van der Waals surface area (Å²) >= 11 is 0. The fraction of sp³-hybridized carbons (Fsp3) is 0.435.